The number of nitrogens with one attached hydrogen (secondary N) is 1. The summed E-state index contributed by atoms with van der Waals surface area (Å²) in [5.41, 5.74) is 1.87. The molecule has 0 unspecified atom stereocenters. The van der Waals surface area contributed by atoms with Crippen molar-refractivity contribution in [1.29, 1.82) is 0 Å². The Balaban J connectivity index is 2.37. The van der Waals surface area contributed by atoms with Crippen LogP contribution in [0, 0.1) is 0 Å². The number of aromatic nitrogens is 2. The van der Waals surface area contributed by atoms with E-state index in [0.717, 1.165) is 33.1 Å². The van der Waals surface area contributed by atoms with Gasteiger partial charge in [0.15, 0.2) is 0 Å². The standard InChI is InChI=1S/C15H18BrN3O2/c1-17-15-14(16)11(9-20-2)18-13(19-15)8-10-6-4-5-7-12(10)21-3/h4-7H,8-9H2,1-3H3,(H,17,18,19). The highest BCUT2D eigenvalue weighted by atomic mass is 79.9. The van der Waals surface area contributed by atoms with Crippen LogP contribution in [0.1, 0.15) is 17.1 Å². The molecule has 0 bridgehead atoms. The molecule has 0 spiro atoms. The number of hydrogen-bond acceptors (Lipinski definition) is 5. The van der Waals surface area contributed by atoms with E-state index in [1.54, 1.807) is 14.2 Å². The van der Waals surface area contributed by atoms with Gasteiger partial charge >= 0.3 is 0 Å². The Kier molecular flexibility index (Phi) is 5.52. The van der Waals surface area contributed by atoms with Crippen LogP contribution in [0.4, 0.5) is 5.82 Å². The van der Waals surface area contributed by atoms with Crippen LogP contribution in [0.3, 0.4) is 0 Å². The summed E-state index contributed by atoms with van der Waals surface area (Å²) < 4.78 is 11.4. The second-order valence-electron chi connectivity index (χ2n) is 4.42. The first-order chi connectivity index (χ1) is 10.2. The molecule has 0 fully saturated rings. The molecule has 21 heavy (non-hydrogen) atoms. The van der Waals surface area contributed by atoms with Crippen molar-refractivity contribution < 1.29 is 9.47 Å². The second kappa shape index (κ2) is 7.38. The van der Waals surface area contributed by atoms with Crippen LogP contribution >= 0.6 is 15.9 Å². The molecule has 1 aromatic carbocycles. The molecule has 0 aliphatic heterocycles. The Morgan fingerprint density at radius 1 is 1.19 bits per heavy atom. The van der Waals surface area contributed by atoms with Crippen LogP contribution in [0.25, 0.3) is 0 Å². The summed E-state index contributed by atoms with van der Waals surface area (Å²) in [5.74, 6) is 2.31. The van der Waals surface area contributed by atoms with Crippen molar-refractivity contribution in [3.63, 3.8) is 0 Å². The van der Waals surface area contributed by atoms with Crippen LogP contribution in [0.5, 0.6) is 5.75 Å². The average molecular weight is 352 g/mol. The minimum atomic E-state index is 0.427. The monoisotopic (exact) mass is 351 g/mol. The molecule has 1 heterocycles. The third kappa shape index (κ3) is 3.71. The van der Waals surface area contributed by atoms with Crippen molar-refractivity contribution in [3.05, 3.63) is 45.8 Å². The fraction of sp³-hybridized carbons (Fsp3) is 0.333. The molecule has 0 saturated heterocycles. The van der Waals surface area contributed by atoms with Crippen LogP contribution < -0.4 is 10.1 Å². The Morgan fingerprint density at radius 2 is 1.95 bits per heavy atom. The van der Waals surface area contributed by atoms with Crippen molar-refractivity contribution in [2.24, 2.45) is 0 Å². The van der Waals surface area contributed by atoms with Crippen LogP contribution in [-0.4, -0.2) is 31.2 Å². The number of methoxy groups -OCH3 is 2. The average Bonchev–Trinajstić information content (AvgIpc) is 2.51. The van der Waals surface area contributed by atoms with Gasteiger partial charge < -0.3 is 14.8 Å². The van der Waals surface area contributed by atoms with E-state index in [-0.39, 0.29) is 0 Å². The number of nitrogens with zero attached hydrogens (tertiary/aromatic N) is 2. The van der Waals surface area contributed by atoms with Gasteiger partial charge in [-0.3, -0.25) is 0 Å². The molecular weight excluding hydrogens is 334 g/mol. The summed E-state index contributed by atoms with van der Waals surface area (Å²) in [4.78, 5) is 9.09. The van der Waals surface area contributed by atoms with Gasteiger partial charge in [0.2, 0.25) is 0 Å². The molecular formula is C15H18BrN3O2. The lowest BCUT2D eigenvalue weighted by Crippen LogP contribution is -2.07. The summed E-state index contributed by atoms with van der Waals surface area (Å²) in [5, 5.41) is 3.06. The number of anilines is 1. The SMILES string of the molecule is CNc1nc(Cc2ccccc2OC)nc(COC)c1Br. The number of hydrogen-bond donors (Lipinski definition) is 1. The molecule has 0 amide bonds. The van der Waals surface area contributed by atoms with Gasteiger partial charge in [-0.25, -0.2) is 9.97 Å². The van der Waals surface area contributed by atoms with Gasteiger partial charge in [0.1, 0.15) is 17.4 Å². The van der Waals surface area contributed by atoms with Gasteiger partial charge in [0.25, 0.3) is 0 Å². The smallest absolute Gasteiger partial charge is 0.144 e. The number of para-hydroxylation sites is 1. The van der Waals surface area contributed by atoms with E-state index in [1.807, 2.05) is 31.3 Å². The topological polar surface area (TPSA) is 56.3 Å². The van der Waals surface area contributed by atoms with Crippen LogP contribution in [-0.2, 0) is 17.8 Å². The van der Waals surface area contributed by atoms with Crippen molar-refractivity contribution in [2.75, 3.05) is 26.6 Å². The van der Waals surface area contributed by atoms with E-state index in [0.29, 0.717) is 13.0 Å². The molecule has 2 rings (SSSR count). The van der Waals surface area contributed by atoms with Crippen LogP contribution in [0.15, 0.2) is 28.7 Å². The van der Waals surface area contributed by atoms with Crippen LogP contribution in [0.2, 0.25) is 0 Å². The first-order valence-corrected chi connectivity index (χ1v) is 7.32. The summed E-state index contributed by atoms with van der Waals surface area (Å²) in [6.45, 7) is 0.427. The maximum Gasteiger partial charge on any atom is 0.144 e. The minimum Gasteiger partial charge on any atom is -0.496 e. The zero-order valence-corrected chi connectivity index (χ0v) is 13.9. The maximum absolute atomic E-state index is 5.37. The molecule has 2 aromatic rings. The summed E-state index contributed by atoms with van der Waals surface area (Å²) >= 11 is 3.50. The lowest BCUT2D eigenvalue weighted by molar-refractivity contribution is 0.180. The van der Waals surface area contributed by atoms with E-state index in [9.17, 15) is 0 Å². The molecule has 0 saturated carbocycles. The zero-order chi connectivity index (χ0) is 15.2. The quantitative estimate of drug-likeness (QED) is 0.866. The molecule has 1 N–H and O–H groups in total. The predicted octanol–water partition coefficient (Wildman–Crippen LogP) is 3.03. The van der Waals surface area contributed by atoms with E-state index >= 15 is 0 Å². The van der Waals surface area contributed by atoms with Gasteiger partial charge in [-0.05, 0) is 22.0 Å². The van der Waals surface area contributed by atoms with Gasteiger partial charge in [0, 0.05) is 26.1 Å². The molecule has 112 valence electrons. The normalized spacial score (nSPS) is 10.5. The Hall–Kier alpha value is -1.66. The van der Waals surface area contributed by atoms with Crippen molar-refractivity contribution in [1.82, 2.24) is 9.97 Å². The molecule has 0 aliphatic carbocycles. The largest absolute Gasteiger partial charge is 0.496 e. The molecule has 6 heteroatoms. The van der Waals surface area contributed by atoms with E-state index < -0.39 is 0 Å². The van der Waals surface area contributed by atoms with Crippen molar-refractivity contribution >= 4 is 21.7 Å². The Labute approximate surface area is 132 Å². The predicted molar refractivity (Wildman–Crippen MR) is 85.8 cm³/mol. The first-order valence-electron chi connectivity index (χ1n) is 6.53. The minimum absolute atomic E-state index is 0.427. The molecule has 1 aromatic heterocycles. The summed E-state index contributed by atoms with van der Waals surface area (Å²) in [7, 11) is 5.14. The van der Waals surface area contributed by atoms with Gasteiger partial charge in [-0.15, -0.1) is 0 Å². The van der Waals surface area contributed by atoms with E-state index in [1.165, 1.54) is 0 Å². The lowest BCUT2D eigenvalue weighted by Gasteiger charge is -2.12. The third-order valence-corrected chi connectivity index (χ3v) is 3.86. The van der Waals surface area contributed by atoms with Gasteiger partial charge in [-0.2, -0.15) is 0 Å². The Morgan fingerprint density at radius 3 is 2.62 bits per heavy atom. The number of ether oxygens (including phenoxy) is 2. The lowest BCUT2D eigenvalue weighted by atomic mass is 10.1. The number of halogens is 1. The van der Waals surface area contributed by atoms with Crippen molar-refractivity contribution in [3.8, 4) is 5.75 Å². The summed E-state index contributed by atoms with van der Waals surface area (Å²) in [6, 6.07) is 7.87. The highest BCUT2D eigenvalue weighted by Crippen LogP contribution is 2.26. The van der Waals surface area contributed by atoms with Gasteiger partial charge in [-0.1, -0.05) is 18.2 Å². The van der Waals surface area contributed by atoms with Gasteiger partial charge in [0.05, 0.1) is 23.9 Å². The molecule has 5 nitrogen and oxygen atoms in total. The maximum atomic E-state index is 5.37. The van der Waals surface area contributed by atoms with E-state index in [4.69, 9.17) is 9.47 Å². The fourth-order valence-corrected chi connectivity index (χ4v) is 2.53. The first kappa shape index (κ1) is 15.7. The number of benzene rings is 1. The van der Waals surface area contributed by atoms with E-state index in [2.05, 4.69) is 31.2 Å². The highest BCUT2D eigenvalue weighted by Gasteiger charge is 2.13. The summed E-state index contributed by atoms with van der Waals surface area (Å²) in [6.07, 6.45) is 0.600. The highest BCUT2D eigenvalue weighted by molar-refractivity contribution is 9.10. The third-order valence-electron chi connectivity index (χ3n) is 3.03. The van der Waals surface area contributed by atoms with Crippen molar-refractivity contribution in [2.45, 2.75) is 13.0 Å². The number of rotatable bonds is 6. The zero-order valence-electron chi connectivity index (χ0n) is 12.3. The molecule has 0 atom stereocenters. The molecule has 0 radical (unpaired) electrons. The Bertz CT molecular complexity index is 620. The molecule has 0 aliphatic rings. The second-order valence-corrected chi connectivity index (χ2v) is 5.21. The fourth-order valence-electron chi connectivity index (χ4n) is 2.04.